The first-order valence-electron chi connectivity index (χ1n) is 11.1. The van der Waals surface area contributed by atoms with Crippen LogP contribution in [-0.4, -0.2) is 87.9 Å². The number of nitrogens with zero attached hydrogens (tertiary/aromatic N) is 1. The van der Waals surface area contributed by atoms with Crippen molar-refractivity contribution in [1.82, 2.24) is 15.5 Å². The summed E-state index contributed by atoms with van der Waals surface area (Å²) in [6, 6.07) is -4.78. The third-order valence-electron chi connectivity index (χ3n) is 5.43. The minimum Gasteiger partial charge on any atom is -0.481 e. The highest BCUT2D eigenvalue weighted by atomic mass is 16.4. The second-order valence-electron chi connectivity index (χ2n) is 8.14. The van der Waals surface area contributed by atoms with Crippen molar-refractivity contribution in [3.05, 3.63) is 0 Å². The Balaban J connectivity index is 2.90. The molecule has 10 N–H and O–H groups in total. The number of carboxylic acid groups (broad SMARTS) is 2. The van der Waals surface area contributed by atoms with E-state index in [0.717, 1.165) is 0 Å². The van der Waals surface area contributed by atoms with Crippen LogP contribution in [0.25, 0.3) is 0 Å². The number of amides is 4. The molecule has 0 bridgehead atoms. The summed E-state index contributed by atoms with van der Waals surface area (Å²) in [6.45, 7) is 0.538. The maximum Gasteiger partial charge on any atom is 0.326 e. The van der Waals surface area contributed by atoms with Gasteiger partial charge in [0.05, 0.1) is 12.5 Å². The van der Waals surface area contributed by atoms with Gasteiger partial charge < -0.3 is 42.9 Å². The maximum atomic E-state index is 13.1. The molecule has 0 spiro atoms. The molecule has 1 heterocycles. The Morgan fingerprint density at radius 2 is 1.68 bits per heavy atom. The Hall–Kier alpha value is -3.26. The van der Waals surface area contributed by atoms with Crippen molar-refractivity contribution < 1.29 is 39.0 Å². The molecule has 1 saturated heterocycles. The zero-order valence-corrected chi connectivity index (χ0v) is 18.9. The summed E-state index contributed by atoms with van der Waals surface area (Å²) in [4.78, 5) is 73.1. The average molecular weight is 487 g/mol. The summed E-state index contributed by atoms with van der Waals surface area (Å²) in [5, 5.41) is 22.9. The molecule has 1 rings (SSSR count). The second-order valence-corrected chi connectivity index (χ2v) is 8.14. The van der Waals surface area contributed by atoms with Gasteiger partial charge in [-0.15, -0.1) is 0 Å². The predicted octanol–water partition coefficient (Wildman–Crippen LogP) is -2.77. The number of nitrogens with two attached hydrogens (primary N) is 3. The van der Waals surface area contributed by atoms with E-state index in [1.807, 2.05) is 0 Å². The number of primary amides is 1. The maximum absolute atomic E-state index is 13.1. The van der Waals surface area contributed by atoms with Crippen molar-refractivity contribution in [2.45, 2.75) is 75.5 Å². The molecule has 0 aliphatic carbocycles. The molecule has 0 saturated carbocycles. The van der Waals surface area contributed by atoms with E-state index in [1.165, 1.54) is 4.90 Å². The van der Waals surface area contributed by atoms with Gasteiger partial charge in [0.25, 0.3) is 0 Å². The van der Waals surface area contributed by atoms with Gasteiger partial charge in [-0.3, -0.25) is 24.0 Å². The number of carbonyl (C=O) groups excluding carboxylic acids is 4. The molecule has 4 atom stereocenters. The fourth-order valence-electron chi connectivity index (χ4n) is 3.61. The van der Waals surface area contributed by atoms with Crippen molar-refractivity contribution >= 4 is 35.6 Å². The van der Waals surface area contributed by atoms with Gasteiger partial charge >= 0.3 is 11.9 Å². The number of carboxylic acids is 2. The van der Waals surface area contributed by atoms with Crippen molar-refractivity contribution in [1.29, 1.82) is 0 Å². The molecule has 4 unspecified atom stereocenters. The van der Waals surface area contributed by atoms with E-state index in [4.69, 9.17) is 22.3 Å². The van der Waals surface area contributed by atoms with Gasteiger partial charge in [0.2, 0.25) is 23.6 Å². The van der Waals surface area contributed by atoms with Crippen LogP contribution in [0.4, 0.5) is 0 Å². The smallest absolute Gasteiger partial charge is 0.326 e. The van der Waals surface area contributed by atoms with E-state index in [9.17, 15) is 33.9 Å². The van der Waals surface area contributed by atoms with Gasteiger partial charge in [-0.2, -0.15) is 0 Å². The number of hydrogen-bond acceptors (Lipinski definition) is 8. The molecule has 1 aliphatic heterocycles. The van der Waals surface area contributed by atoms with Crippen LogP contribution in [0.2, 0.25) is 0 Å². The first-order valence-corrected chi connectivity index (χ1v) is 11.1. The molecule has 0 aromatic rings. The molecule has 14 nitrogen and oxygen atoms in total. The number of carbonyl (C=O) groups is 6. The molecular weight excluding hydrogens is 452 g/mol. The quantitative estimate of drug-likeness (QED) is 0.117. The van der Waals surface area contributed by atoms with Crippen LogP contribution in [-0.2, 0) is 28.8 Å². The van der Waals surface area contributed by atoms with Gasteiger partial charge in [-0.05, 0) is 45.1 Å². The molecule has 14 heteroatoms. The van der Waals surface area contributed by atoms with E-state index in [0.29, 0.717) is 25.8 Å². The summed E-state index contributed by atoms with van der Waals surface area (Å²) >= 11 is 0. The van der Waals surface area contributed by atoms with Gasteiger partial charge in [0.15, 0.2) is 0 Å². The van der Waals surface area contributed by atoms with Crippen LogP contribution < -0.4 is 27.8 Å². The number of hydrogen-bond donors (Lipinski definition) is 7. The Kier molecular flexibility index (Phi) is 11.9. The SMILES string of the molecule is NCCCCC(NC(=O)C1CCCN1C(=O)C(CC(N)=O)NC(=O)C(N)CCC(=O)O)C(=O)O. The minimum atomic E-state index is -1.41. The van der Waals surface area contributed by atoms with Crippen LogP contribution >= 0.6 is 0 Å². The fourth-order valence-corrected chi connectivity index (χ4v) is 3.61. The monoisotopic (exact) mass is 486 g/mol. The Labute approximate surface area is 196 Å². The molecule has 0 radical (unpaired) electrons. The van der Waals surface area contributed by atoms with Gasteiger partial charge in [-0.25, -0.2) is 4.79 Å². The van der Waals surface area contributed by atoms with E-state index < -0.39 is 66.2 Å². The summed E-state index contributed by atoms with van der Waals surface area (Å²) in [5.41, 5.74) is 16.3. The topological polar surface area (TPSA) is 248 Å². The average Bonchev–Trinajstić information content (AvgIpc) is 3.25. The van der Waals surface area contributed by atoms with E-state index >= 15 is 0 Å². The van der Waals surface area contributed by atoms with Crippen LogP contribution in [0.1, 0.15) is 51.4 Å². The van der Waals surface area contributed by atoms with Crippen LogP contribution in [0, 0.1) is 0 Å². The Morgan fingerprint density at radius 3 is 2.24 bits per heavy atom. The first kappa shape index (κ1) is 28.8. The lowest BCUT2D eigenvalue weighted by molar-refractivity contribution is -0.145. The third kappa shape index (κ3) is 9.31. The van der Waals surface area contributed by atoms with Crippen LogP contribution in [0.15, 0.2) is 0 Å². The largest absolute Gasteiger partial charge is 0.481 e. The highest BCUT2D eigenvalue weighted by molar-refractivity contribution is 5.96. The molecule has 0 aromatic carbocycles. The number of nitrogens with one attached hydrogen (secondary N) is 2. The number of likely N-dealkylation sites (tertiary alicyclic amines) is 1. The van der Waals surface area contributed by atoms with Crippen molar-refractivity contribution in [3.8, 4) is 0 Å². The molecule has 34 heavy (non-hydrogen) atoms. The number of unbranched alkanes of at least 4 members (excludes halogenated alkanes) is 1. The molecule has 192 valence electrons. The zero-order chi connectivity index (χ0) is 25.8. The van der Waals surface area contributed by atoms with Gasteiger partial charge in [0.1, 0.15) is 18.1 Å². The van der Waals surface area contributed by atoms with Gasteiger partial charge in [-0.1, -0.05) is 0 Å². The number of aliphatic carboxylic acids is 2. The van der Waals surface area contributed by atoms with Crippen molar-refractivity contribution in [2.75, 3.05) is 13.1 Å². The normalized spacial score (nSPS) is 17.9. The minimum absolute atomic E-state index is 0.151. The summed E-state index contributed by atoms with van der Waals surface area (Å²) in [5.74, 6) is -5.49. The third-order valence-corrected chi connectivity index (χ3v) is 5.43. The highest BCUT2D eigenvalue weighted by Crippen LogP contribution is 2.20. The second kappa shape index (κ2) is 14.1. The van der Waals surface area contributed by atoms with Crippen molar-refractivity contribution in [3.63, 3.8) is 0 Å². The standard InChI is InChI=1S/C20H34N6O8/c21-8-2-1-4-12(20(33)34)24-18(31)14-5-3-9-26(14)19(32)13(10-15(23)27)25-17(30)11(22)6-7-16(28)29/h11-14H,1-10,21-22H2,(H2,23,27)(H,24,31)(H,25,30)(H,28,29)(H,33,34). The summed E-state index contributed by atoms with van der Waals surface area (Å²) < 4.78 is 0. The lowest BCUT2D eigenvalue weighted by atomic mass is 10.1. The predicted molar refractivity (Wildman–Crippen MR) is 118 cm³/mol. The highest BCUT2D eigenvalue weighted by Gasteiger charge is 2.39. The lowest BCUT2D eigenvalue weighted by Gasteiger charge is -2.29. The van der Waals surface area contributed by atoms with E-state index in [1.54, 1.807) is 0 Å². The van der Waals surface area contributed by atoms with E-state index in [-0.39, 0.29) is 32.2 Å². The number of rotatable bonds is 15. The summed E-state index contributed by atoms with van der Waals surface area (Å²) in [7, 11) is 0. The Morgan fingerprint density at radius 1 is 1.00 bits per heavy atom. The van der Waals surface area contributed by atoms with Crippen LogP contribution in [0.5, 0.6) is 0 Å². The molecular formula is C20H34N6O8. The molecule has 1 fully saturated rings. The van der Waals surface area contributed by atoms with Crippen molar-refractivity contribution in [2.24, 2.45) is 17.2 Å². The zero-order valence-electron chi connectivity index (χ0n) is 18.9. The lowest BCUT2D eigenvalue weighted by Crippen LogP contribution is -2.57. The van der Waals surface area contributed by atoms with Gasteiger partial charge in [0, 0.05) is 13.0 Å². The first-order chi connectivity index (χ1) is 16.0. The van der Waals surface area contributed by atoms with E-state index in [2.05, 4.69) is 10.6 Å². The molecule has 0 aromatic heterocycles. The summed E-state index contributed by atoms with van der Waals surface area (Å²) in [6.07, 6.45) is 0.867. The Bertz CT molecular complexity index is 776. The molecule has 1 aliphatic rings. The fraction of sp³-hybridized carbons (Fsp3) is 0.700. The molecule has 4 amide bonds. The van der Waals surface area contributed by atoms with Crippen LogP contribution in [0.3, 0.4) is 0 Å².